The summed E-state index contributed by atoms with van der Waals surface area (Å²) in [4.78, 5) is 24.3. The molecule has 1 aromatic carbocycles. The quantitative estimate of drug-likeness (QED) is 0.639. The van der Waals surface area contributed by atoms with Gasteiger partial charge in [0.1, 0.15) is 0 Å². The predicted octanol–water partition coefficient (Wildman–Crippen LogP) is 0.437. The Hall–Kier alpha value is -2.19. The fraction of sp³-hybridized carbons (Fsp3) is 0.462. The van der Waals surface area contributed by atoms with Gasteiger partial charge in [0.15, 0.2) is 5.75 Å². The van der Waals surface area contributed by atoms with Gasteiger partial charge in [-0.05, 0) is 12.1 Å². The fourth-order valence-corrected chi connectivity index (χ4v) is 2.20. The molecule has 0 saturated carbocycles. The minimum atomic E-state index is -0.599. The summed E-state index contributed by atoms with van der Waals surface area (Å²) in [7, 11) is 1.33. The maximum atomic E-state index is 12.4. The maximum absolute atomic E-state index is 12.4. The summed E-state index contributed by atoms with van der Waals surface area (Å²) >= 11 is 0. The Balaban J connectivity index is 2.30. The number of aliphatic hydroxyl groups excluding tert-OH is 1. The summed E-state index contributed by atoms with van der Waals surface area (Å²) in [5.41, 5.74) is -0.0833. The highest BCUT2D eigenvalue weighted by Gasteiger charge is 2.29. The highest BCUT2D eigenvalue weighted by molar-refractivity contribution is 5.95. The molecule has 1 atom stereocenters. The zero-order valence-corrected chi connectivity index (χ0v) is 11.5. The van der Waals surface area contributed by atoms with Crippen molar-refractivity contribution in [3.05, 3.63) is 33.9 Å². The molecule has 1 aliphatic heterocycles. The molecule has 1 unspecified atom stereocenters. The lowest BCUT2D eigenvalue weighted by Gasteiger charge is -2.34. The number of morpholine rings is 1. The van der Waals surface area contributed by atoms with Crippen molar-refractivity contribution in [3.8, 4) is 5.75 Å². The van der Waals surface area contributed by atoms with Crippen LogP contribution < -0.4 is 4.74 Å². The molecule has 8 heteroatoms. The Labute approximate surface area is 121 Å². The van der Waals surface area contributed by atoms with Gasteiger partial charge in [-0.25, -0.2) is 0 Å². The minimum Gasteiger partial charge on any atom is -0.490 e. The van der Waals surface area contributed by atoms with Gasteiger partial charge in [0, 0.05) is 18.2 Å². The van der Waals surface area contributed by atoms with Crippen LogP contribution in [0.15, 0.2) is 18.2 Å². The first-order valence-electron chi connectivity index (χ1n) is 6.40. The molecule has 2 rings (SSSR count). The van der Waals surface area contributed by atoms with Gasteiger partial charge >= 0.3 is 5.69 Å². The second kappa shape index (κ2) is 6.51. The highest BCUT2D eigenvalue weighted by Crippen LogP contribution is 2.28. The zero-order chi connectivity index (χ0) is 15.4. The molecule has 1 aliphatic rings. The van der Waals surface area contributed by atoms with Crippen molar-refractivity contribution in [2.24, 2.45) is 0 Å². The standard InChI is InChI=1S/C13H16N2O6/c1-20-12-3-2-9(6-11(12)15(18)19)13(17)14-4-5-21-8-10(14)7-16/h2-3,6,10,16H,4-5,7-8H2,1H3. The van der Waals surface area contributed by atoms with E-state index >= 15 is 0 Å². The lowest BCUT2D eigenvalue weighted by atomic mass is 10.1. The molecule has 0 aliphatic carbocycles. The number of nitrogens with zero attached hydrogens (tertiary/aromatic N) is 2. The van der Waals surface area contributed by atoms with Crippen LogP contribution in [0.1, 0.15) is 10.4 Å². The van der Waals surface area contributed by atoms with Crippen molar-refractivity contribution < 1.29 is 24.3 Å². The van der Waals surface area contributed by atoms with E-state index in [2.05, 4.69) is 0 Å². The lowest BCUT2D eigenvalue weighted by molar-refractivity contribution is -0.385. The molecule has 0 spiro atoms. The third kappa shape index (κ3) is 3.11. The third-order valence-electron chi connectivity index (χ3n) is 3.32. The molecule has 0 aromatic heterocycles. The van der Waals surface area contributed by atoms with Crippen LogP contribution in [0.3, 0.4) is 0 Å². The Morgan fingerprint density at radius 2 is 2.38 bits per heavy atom. The number of nitro groups is 1. The summed E-state index contributed by atoms with van der Waals surface area (Å²) in [5, 5.41) is 20.3. The van der Waals surface area contributed by atoms with Gasteiger partial charge < -0.3 is 19.5 Å². The third-order valence-corrected chi connectivity index (χ3v) is 3.32. The lowest BCUT2D eigenvalue weighted by Crippen LogP contribution is -2.50. The van der Waals surface area contributed by atoms with E-state index in [1.165, 1.54) is 30.2 Å². The molecule has 1 amide bonds. The zero-order valence-electron chi connectivity index (χ0n) is 11.5. The number of hydrogen-bond acceptors (Lipinski definition) is 6. The van der Waals surface area contributed by atoms with Gasteiger partial charge in [-0.3, -0.25) is 14.9 Å². The second-order valence-corrected chi connectivity index (χ2v) is 4.55. The number of benzene rings is 1. The van der Waals surface area contributed by atoms with Crippen LogP contribution in [0.4, 0.5) is 5.69 Å². The number of hydrogen-bond donors (Lipinski definition) is 1. The van der Waals surface area contributed by atoms with E-state index < -0.39 is 11.0 Å². The van der Waals surface area contributed by atoms with Crippen LogP contribution in [0, 0.1) is 10.1 Å². The number of ether oxygens (including phenoxy) is 2. The van der Waals surface area contributed by atoms with Gasteiger partial charge in [-0.1, -0.05) is 0 Å². The SMILES string of the molecule is COc1ccc(C(=O)N2CCOCC2CO)cc1[N+](=O)[O-]. The van der Waals surface area contributed by atoms with E-state index in [1.54, 1.807) is 0 Å². The summed E-state index contributed by atoms with van der Waals surface area (Å²) < 4.78 is 10.1. The smallest absolute Gasteiger partial charge is 0.311 e. The van der Waals surface area contributed by atoms with E-state index in [1.807, 2.05) is 0 Å². The number of methoxy groups -OCH3 is 1. The Kier molecular flexibility index (Phi) is 4.71. The summed E-state index contributed by atoms with van der Waals surface area (Å²) in [6, 6.07) is 3.61. The fourth-order valence-electron chi connectivity index (χ4n) is 2.20. The van der Waals surface area contributed by atoms with E-state index in [0.29, 0.717) is 13.2 Å². The van der Waals surface area contributed by atoms with Crippen LogP contribution in [0.5, 0.6) is 5.75 Å². The Morgan fingerprint density at radius 1 is 1.62 bits per heavy atom. The number of carbonyl (C=O) groups excluding carboxylic acids is 1. The second-order valence-electron chi connectivity index (χ2n) is 4.55. The van der Waals surface area contributed by atoms with Crippen molar-refractivity contribution in [2.75, 3.05) is 33.5 Å². The van der Waals surface area contributed by atoms with Crippen molar-refractivity contribution in [3.63, 3.8) is 0 Å². The van der Waals surface area contributed by atoms with Crippen LogP contribution >= 0.6 is 0 Å². The maximum Gasteiger partial charge on any atom is 0.311 e. The van der Waals surface area contributed by atoms with Crippen molar-refractivity contribution in [1.29, 1.82) is 0 Å². The van der Waals surface area contributed by atoms with Crippen molar-refractivity contribution >= 4 is 11.6 Å². The van der Waals surface area contributed by atoms with Gasteiger partial charge in [0.05, 0.1) is 37.9 Å². The highest BCUT2D eigenvalue weighted by atomic mass is 16.6. The molecular formula is C13H16N2O6. The summed E-state index contributed by atoms with van der Waals surface area (Å²) in [6.45, 7) is 0.745. The molecule has 1 heterocycles. The largest absolute Gasteiger partial charge is 0.490 e. The van der Waals surface area contributed by atoms with Crippen LogP contribution in [-0.2, 0) is 4.74 Å². The normalized spacial score (nSPS) is 18.4. The van der Waals surface area contributed by atoms with Crippen LogP contribution in [0.2, 0.25) is 0 Å². The number of rotatable bonds is 4. The predicted molar refractivity (Wildman–Crippen MR) is 72.4 cm³/mol. The van der Waals surface area contributed by atoms with E-state index in [4.69, 9.17) is 9.47 Å². The topological polar surface area (TPSA) is 102 Å². The first-order chi connectivity index (χ1) is 10.1. The average Bonchev–Trinajstić information content (AvgIpc) is 2.53. The van der Waals surface area contributed by atoms with E-state index in [9.17, 15) is 20.0 Å². The van der Waals surface area contributed by atoms with Gasteiger partial charge in [0.2, 0.25) is 0 Å². The molecule has 114 valence electrons. The summed E-state index contributed by atoms with van der Waals surface area (Å²) in [5.74, 6) is -0.277. The first kappa shape index (κ1) is 15.2. The molecule has 0 bridgehead atoms. The van der Waals surface area contributed by atoms with Crippen LogP contribution in [0.25, 0.3) is 0 Å². The van der Waals surface area contributed by atoms with Crippen LogP contribution in [-0.4, -0.2) is 60.4 Å². The molecule has 1 N–H and O–H groups in total. The van der Waals surface area contributed by atoms with Gasteiger partial charge in [-0.15, -0.1) is 0 Å². The number of nitro benzene ring substituents is 1. The molecule has 21 heavy (non-hydrogen) atoms. The minimum absolute atomic E-state index is 0.0947. The Bertz CT molecular complexity index is 547. The molecule has 1 saturated heterocycles. The van der Waals surface area contributed by atoms with Gasteiger partial charge in [-0.2, -0.15) is 0 Å². The van der Waals surface area contributed by atoms with Crippen molar-refractivity contribution in [1.82, 2.24) is 4.90 Å². The monoisotopic (exact) mass is 296 g/mol. The first-order valence-corrected chi connectivity index (χ1v) is 6.40. The molecule has 8 nitrogen and oxygen atoms in total. The molecule has 0 radical (unpaired) electrons. The molecular weight excluding hydrogens is 280 g/mol. The number of aliphatic hydroxyl groups is 1. The Morgan fingerprint density at radius 3 is 3.00 bits per heavy atom. The van der Waals surface area contributed by atoms with Crippen molar-refractivity contribution in [2.45, 2.75) is 6.04 Å². The van der Waals surface area contributed by atoms with E-state index in [-0.39, 0.29) is 36.1 Å². The number of amides is 1. The molecule has 1 fully saturated rings. The summed E-state index contributed by atoms with van der Waals surface area (Å²) in [6.07, 6.45) is 0. The van der Waals surface area contributed by atoms with Gasteiger partial charge in [0.25, 0.3) is 5.91 Å². The number of carbonyl (C=O) groups is 1. The molecule has 1 aromatic rings. The van der Waals surface area contributed by atoms with E-state index in [0.717, 1.165) is 0 Å². The average molecular weight is 296 g/mol.